The maximum atomic E-state index is 6.15. The van der Waals surface area contributed by atoms with Gasteiger partial charge < -0.3 is 20.9 Å². The van der Waals surface area contributed by atoms with E-state index in [1.165, 1.54) is 89.0 Å². The van der Waals surface area contributed by atoms with Crippen LogP contribution in [0.5, 0.6) is 23.0 Å². The van der Waals surface area contributed by atoms with E-state index < -0.39 is 0 Å². The maximum absolute atomic E-state index is 6.15. The Kier molecular flexibility index (Phi) is 9.39. The maximum Gasteiger partial charge on any atom is 0.127 e. The van der Waals surface area contributed by atoms with Crippen molar-refractivity contribution in [2.24, 2.45) is 0 Å². The fourth-order valence-electron chi connectivity index (χ4n) is 9.50. The second-order valence-electron chi connectivity index (χ2n) is 16.5. The van der Waals surface area contributed by atoms with Crippen LogP contribution in [0, 0.1) is 0 Å². The Balaban J connectivity index is 0.976. The number of fused-ring (bicyclic) bond motifs is 6. The second kappa shape index (κ2) is 15.7. The third-order valence-corrected chi connectivity index (χ3v) is 12.5. The molecule has 0 radical (unpaired) electrons. The highest BCUT2D eigenvalue weighted by Crippen LogP contribution is 2.47. The molecule has 0 heterocycles. The summed E-state index contributed by atoms with van der Waals surface area (Å²) in [7, 11) is 0. The summed E-state index contributed by atoms with van der Waals surface area (Å²) in [5, 5.41) is 0. The molecule has 298 valence electrons. The van der Waals surface area contributed by atoms with Gasteiger partial charge in [-0.15, -0.1) is 0 Å². The third kappa shape index (κ3) is 7.16. The van der Waals surface area contributed by atoms with E-state index in [4.69, 9.17) is 20.9 Å². The Morgan fingerprint density at radius 3 is 1.16 bits per heavy atom. The van der Waals surface area contributed by atoms with Crippen LogP contribution in [0.15, 0.2) is 194 Å². The minimum absolute atomic E-state index is 0.717. The van der Waals surface area contributed by atoms with Crippen molar-refractivity contribution >= 4 is 11.4 Å². The van der Waals surface area contributed by atoms with Crippen molar-refractivity contribution in [2.75, 3.05) is 11.5 Å². The fourth-order valence-corrected chi connectivity index (χ4v) is 9.50. The van der Waals surface area contributed by atoms with Gasteiger partial charge in [-0.2, -0.15) is 0 Å². The smallest absolute Gasteiger partial charge is 0.127 e. The average molecular weight is 801 g/mol. The van der Waals surface area contributed by atoms with Crippen LogP contribution in [0.3, 0.4) is 0 Å². The molecule has 0 aliphatic heterocycles. The topological polar surface area (TPSA) is 70.5 Å². The molecule has 9 aromatic rings. The van der Waals surface area contributed by atoms with Crippen LogP contribution in [-0.2, 0) is 25.7 Å². The van der Waals surface area contributed by atoms with Crippen molar-refractivity contribution in [1.29, 1.82) is 0 Å². The zero-order valence-electron chi connectivity index (χ0n) is 34.3. The number of benzene rings is 9. The molecule has 62 heavy (non-hydrogen) atoms. The van der Waals surface area contributed by atoms with Crippen LogP contribution in [0.4, 0.5) is 11.4 Å². The van der Waals surface area contributed by atoms with E-state index in [0.717, 1.165) is 48.7 Å². The molecule has 0 saturated heterocycles. The average Bonchev–Trinajstić information content (AvgIpc) is 3.88. The minimum atomic E-state index is 0.717. The first-order chi connectivity index (χ1) is 30.5. The van der Waals surface area contributed by atoms with Crippen LogP contribution >= 0.6 is 0 Å². The van der Waals surface area contributed by atoms with Gasteiger partial charge in [-0.25, -0.2) is 0 Å². The number of anilines is 2. The lowest BCUT2D eigenvalue weighted by molar-refractivity contribution is 0.482. The largest absolute Gasteiger partial charge is 0.457 e. The van der Waals surface area contributed by atoms with Gasteiger partial charge in [0.15, 0.2) is 0 Å². The first kappa shape index (κ1) is 37.2. The first-order valence-corrected chi connectivity index (χ1v) is 21.3. The molecule has 0 unspecified atom stereocenters. The van der Waals surface area contributed by atoms with E-state index >= 15 is 0 Å². The highest BCUT2D eigenvalue weighted by atomic mass is 16.5. The molecule has 9 aromatic carbocycles. The van der Waals surface area contributed by atoms with Crippen molar-refractivity contribution in [3.05, 3.63) is 239 Å². The zero-order chi connectivity index (χ0) is 41.6. The molecule has 4 heteroatoms. The molecule has 2 aliphatic carbocycles. The number of nitrogens with two attached hydrogens (primary N) is 2. The van der Waals surface area contributed by atoms with E-state index in [2.05, 4.69) is 146 Å². The monoisotopic (exact) mass is 800 g/mol. The van der Waals surface area contributed by atoms with Gasteiger partial charge in [-0.3, -0.25) is 0 Å². The molecule has 4 nitrogen and oxygen atoms in total. The molecule has 0 spiro atoms. The Morgan fingerprint density at radius 1 is 0.355 bits per heavy atom. The van der Waals surface area contributed by atoms with Gasteiger partial charge in [0, 0.05) is 11.4 Å². The van der Waals surface area contributed by atoms with Crippen molar-refractivity contribution in [3.63, 3.8) is 0 Å². The summed E-state index contributed by atoms with van der Waals surface area (Å²) in [4.78, 5) is 0. The van der Waals surface area contributed by atoms with Crippen LogP contribution in [0.25, 0.3) is 44.5 Å². The Bertz CT molecular complexity index is 2900. The molecule has 0 bridgehead atoms. The fraction of sp³-hybridized carbons (Fsp3) is 0.0690. The Hall–Kier alpha value is -7.82. The molecular weight excluding hydrogens is 757 g/mol. The highest BCUT2D eigenvalue weighted by molar-refractivity contribution is 5.91. The van der Waals surface area contributed by atoms with Crippen LogP contribution in [-0.4, -0.2) is 0 Å². The number of hydrogen-bond donors (Lipinski definition) is 2. The third-order valence-electron chi connectivity index (χ3n) is 12.5. The summed E-state index contributed by atoms with van der Waals surface area (Å²) < 4.78 is 12.3. The van der Waals surface area contributed by atoms with Gasteiger partial charge in [0.25, 0.3) is 0 Å². The molecule has 4 N–H and O–H groups in total. The van der Waals surface area contributed by atoms with Gasteiger partial charge >= 0.3 is 0 Å². The summed E-state index contributed by atoms with van der Waals surface area (Å²) >= 11 is 0. The SMILES string of the molecule is Nc1ccc(Oc2ccc(Cc3ccc4c(c3-c3cccc(-c5c(Cc6ccc(Oc7ccc(N)cc7)cc6)ccc6c5Cc5ccccc5-6)c3)Cc3ccccc3-4)cc2)cc1. The summed E-state index contributed by atoms with van der Waals surface area (Å²) in [6.07, 6.45) is 3.41. The number of rotatable bonds is 10. The Labute approximate surface area is 362 Å². The Morgan fingerprint density at radius 2 is 0.742 bits per heavy atom. The summed E-state index contributed by atoms with van der Waals surface area (Å²) in [6, 6.07) is 68.5. The zero-order valence-corrected chi connectivity index (χ0v) is 34.3. The summed E-state index contributed by atoms with van der Waals surface area (Å²) in [5.41, 5.74) is 34.4. The molecule has 11 rings (SSSR count). The van der Waals surface area contributed by atoms with Gasteiger partial charge in [0.1, 0.15) is 23.0 Å². The van der Waals surface area contributed by atoms with E-state index in [0.29, 0.717) is 11.4 Å². The summed E-state index contributed by atoms with van der Waals surface area (Å²) in [5.74, 6) is 3.13. The predicted octanol–water partition coefficient (Wildman–Crippen LogP) is 14.1. The molecule has 2 aliphatic rings. The quantitative estimate of drug-likeness (QED) is 0.135. The van der Waals surface area contributed by atoms with Crippen LogP contribution in [0.1, 0.15) is 44.5 Å². The minimum Gasteiger partial charge on any atom is -0.457 e. The number of nitrogen functional groups attached to an aromatic ring is 2. The van der Waals surface area contributed by atoms with Gasteiger partial charge in [-0.05, 0) is 194 Å². The standard InChI is InChI=1S/C58H44N2O2/c59-45-18-26-49(27-19-45)61-47-22-12-37(13-23-47)32-43-16-30-53-51-10-3-1-6-39(51)35-55(53)57(43)41-8-5-9-42(34-41)58-44(17-31-54-52-11-4-2-7-40(52)36-56(54)58)33-38-14-24-48(25-15-38)62-50-28-20-46(60)21-29-50/h1-31,34H,32-33,35-36,59-60H2. The van der Waals surface area contributed by atoms with Gasteiger partial charge in [0.05, 0.1) is 0 Å². The lowest BCUT2D eigenvalue weighted by Gasteiger charge is -2.19. The molecular formula is C58H44N2O2. The van der Waals surface area contributed by atoms with Crippen LogP contribution < -0.4 is 20.9 Å². The van der Waals surface area contributed by atoms with Crippen molar-refractivity contribution in [2.45, 2.75) is 25.7 Å². The molecule has 0 amide bonds. The van der Waals surface area contributed by atoms with E-state index in [1.54, 1.807) is 0 Å². The predicted molar refractivity (Wildman–Crippen MR) is 254 cm³/mol. The van der Waals surface area contributed by atoms with Crippen molar-refractivity contribution in [1.82, 2.24) is 0 Å². The number of ether oxygens (including phenoxy) is 2. The first-order valence-electron chi connectivity index (χ1n) is 21.3. The lowest BCUT2D eigenvalue weighted by Crippen LogP contribution is -2.00. The van der Waals surface area contributed by atoms with Gasteiger partial charge in [0.2, 0.25) is 0 Å². The van der Waals surface area contributed by atoms with Gasteiger partial charge in [-0.1, -0.05) is 115 Å². The van der Waals surface area contributed by atoms with E-state index in [-0.39, 0.29) is 0 Å². The molecule has 0 aromatic heterocycles. The molecule has 0 saturated carbocycles. The van der Waals surface area contributed by atoms with E-state index in [1.807, 2.05) is 48.5 Å². The molecule has 0 atom stereocenters. The summed E-state index contributed by atoms with van der Waals surface area (Å²) in [6.45, 7) is 0. The lowest BCUT2D eigenvalue weighted by atomic mass is 9.84. The second-order valence-corrected chi connectivity index (χ2v) is 16.5. The van der Waals surface area contributed by atoms with E-state index in [9.17, 15) is 0 Å². The van der Waals surface area contributed by atoms with Crippen molar-refractivity contribution in [3.8, 4) is 67.5 Å². The van der Waals surface area contributed by atoms with Crippen molar-refractivity contribution < 1.29 is 9.47 Å². The number of hydrogen-bond acceptors (Lipinski definition) is 4. The highest BCUT2D eigenvalue weighted by Gasteiger charge is 2.27. The van der Waals surface area contributed by atoms with Crippen LogP contribution in [0.2, 0.25) is 0 Å². The normalized spacial score (nSPS) is 12.0. The molecule has 0 fully saturated rings.